The summed E-state index contributed by atoms with van der Waals surface area (Å²) < 4.78 is 0. The second-order valence-corrected chi connectivity index (χ2v) is 7.06. The van der Waals surface area contributed by atoms with Gasteiger partial charge in [-0.2, -0.15) is 16.7 Å². The van der Waals surface area contributed by atoms with Crippen LogP contribution in [0.2, 0.25) is 0 Å². The van der Waals surface area contributed by atoms with Crippen molar-refractivity contribution >= 4 is 29.3 Å². The predicted octanol–water partition coefficient (Wildman–Crippen LogP) is 1.93. The zero-order chi connectivity index (χ0) is 17.6. The number of nitrogens with zero attached hydrogens (tertiary/aromatic N) is 5. The van der Waals surface area contributed by atoms with Crippen molar-refractivity contribution in [2.24, 2.45) is 0 Å². The first-order valence-corrected chi connectivity index (χ1v) is 9.99. The van der Waals surface area contributed by atoms with Crippen molar-refractivity contribution in [2.75, 3.05) is 47.6 Å². The minimum atomic E-state index is 0.311. The molecule has 3 N–H and O–H groups in total. The van der Waals surface area contributed by atoms with Crippen molar-refractivity contribution in [1.82, 2.24) is 19.9 Å². The molecule has 0 saturated carbocycles. The topological polar surface area (TPSA) is 92.9 Å². The third kappa shape index (κ3) is 4.50. The fraction of sp³-hybridized carbons (Fsp3) is 0.529. The number of aryl methyl sites for hydroxylation is 1. The Morgan fingerprint density at radius 2 is 2.08 bits per heavy atom. The summed E-state index contributed by atoms with van der Waals surface area (Å²) in [5.74, 6) is 4.16. The highest BCUT2D eigenvalue weighted by atomic mass is 32.2. The smallest absolute Gasteiger partial charge is 0.221 e. The third-order valence-corrected chi connectivity index (χ3v) is 4.95. The number of nitrogens with two attached hydrogens (primary N) is 1. The van der Waals surface area contributed by atoms with E-state index < -0.39 is 0 Å². The summed E-state index contributed by atoms with van der Waals surface area (Å²) in [4.78, 5) is 19.9. The fourth-order valence-electron chi connectivity index (χ4n) is 3.06. The van der Waals surface area contributed by atoms with Gasteiger partial charge in [-0.25, -0.2) is 15.0 Å². The van der Waals surface area contributed by atoms with E-state index >= 15 is 0 Å². The van der Waals surface area contributed by atoms with E-state index in [2.05, 4.69) is 36.4 Å². The summed E-state index contributed by atoms with van der Waals surface area (Å²) in [6.07, 6.45) is 6.74. The van der Waals surface area contributed by atoms with Gasteiger partial charge >= 0.3 is 0 Å². The van der Waals surface area contributed by atoms with E-state index in [1.165, 1.54) is 5.56 Å². The molecule has 0 saturated heterocycles. The highest BCUT2D eigenvalue weighted by Gasteiger charge is 2.20. The van der Waals surface area contributed by atoms with Crippen LogP contribution < -0.4 is 16.0 Å². The van der Waals surface area contributed by atoms with Crippen molar-refractivity contribution in [2.45, 2.75) is 26.2 Å². The molecule has 25 heavy (non-hydrogen) atoms. The molecule has 2 aromatic rings. The van der Waals surface area contributed by atoms with Crippen LogP contribution in [0.15, 0.2) is 12.3 Å². The molecule has 0 bridgehead atoms. The maximum atomic E-state index is 5.73. The maximum absolute atomic E-state index is 5.73. The molecule has 3 rings (SSSR count). The molecule has 2 aromatic heterocycles. The lowest BCUT2D eigenvalue weighted by Crippen LogP contribution is -2.27. The molecule has 0 spiro atoms. The average molecular weight is 360 g/mol. The van der Waals surface area contributed by atoms with Crippen molar-refractivity contribution in [1.29, 1.82) is 0 Å². The first-order valence-electron chi connectivity index (χ1n) is 8.60. The normalized spacial score (nSPS) is 14.1. The molecule has 0 aromatic carbocycles. The van der Waals surface area contributed by atoms with Crippen LogP contribution in [0.25, 0.3) is 0 Å². The largest absolute Gasteiger partial charge is 0.370 e. The van der Waals surface area contributed by atoms with Crippen molar-refractivity contribution in [3.05, 3.63) is 29.3 Å². The van der Waals surface area contributed by atoms with Crippen LogP contribution in [0.3, 0.4) is 0 Å². The zero-order valence-corrected chi connectivity index (χ0v) is 15.6. The second kappa shape index (κ2) is 8.33. The van der Waals surface area contributed by atoms with Gasteiger partial charge in [-0.1, -0.05) is 0 Å². The Balaban J connectivity index is 1.76. The summed E-state index contributed by atoms with van der Waals surface area (Å²) in [7, 11) is 0. The standard InChI is InChI=1S/C17H25N7S/c1-12-21-14-6-10-24(15-4-8-20-17(18)23-15)9-5-13(14)16(22-12)19-7-3-11-25-2/h4,8H,3,5-7,9-11H2,1-2H3,(H2,18,20,23)(H,19,21,22). The number of rotatable bonds is 6. The van der Waals surface area contributed by atoms with Gasteiger partial charge in [-0.05, 0) is 37.8 Å². The Morgan fingerprint density at radius 1 is 1.24 bits per heavy atom. The summed E-state index contributed by atoms with van der Waals surface area (Å²) in [5, 5.41) is 3.51. The number of thioether (sulfide) groups is 1. The summed E-state index contributed by atoms with van der Waals surface area (Å²) in [5.41, 5.74) is 8.11. The summed E-state index contributed by atoms with van der Waals surface area (Å²) in [6, 6.07) is 1.91. The maximum Gasteiger partial charge on any atom is 0.221 e. The average Bonchev–Trinajstić information content (AvgIpc) is 2.81. The van der Waals surface area contributed by atoms with Gasteiger partial charge in [0, 0.05) is 37.8 Å². The first-order chi connectivity index (χ1) is 12.2. The summed E-state index contributed by atoms with van der Waals surface area (Å²) >= 11 is 1.87. The minimum Gasteiger partial charge on any atom is -0.370 e. The number of hydrogen-bond donors (Lipinski definition) is 2. The molecule has 0 fully saturated rings. The van der Waals surface area contributed by atoms with E-state index in [9.17, 15) is 0 Å². The molecule has 0 aliphatic carbocycles. The van der Waals surface area contributed by atoms with Crippen LogP contribution in [0.5, 0.6) is 0 Å². The van der Waals surface area contributed by atoms with E-state index in [0.29, 0.717) is 5.95 Å². The molecule has 7 nitrogen and oxygen atoms in total. The quantitative estimate of drug-likeness (QED) is 0.756. The van der Waals surface area contributed by atoms with Gasteiger partial charge in [-0.3, -0.25) is 0 Å². The number of nitrogens with one attached hydrogen (secondary N) is 1. The van der Waals surface area contributed by atoms with Crippen LogP contribution in [0, 0.1) is 6.92 Å². The lowest BCUT2D eigenvalue weighted by molar-refractivity contribution is 0.785. The molecule has 0 atom stereocenters. The molecule has 1 aliphatic heterocycles. The van der Waals surface area contributed by atoms with E-state index in [0.717, 1.165) is 67.8 Å². The van der Waals surface area contributed by atoms with Crippen LogP contribution >= 0.6 is 11.8 Å². The molecule has 0 radical (unpaired) electrons. The number of hydrogen-bond acceptors (Lipinski definition) is 8. The van der Waals surface area contributed by atoms with Gasteiger partial charge < -0.3 is 16.0 Å². The van der Waals surface area contributed by atoms with Crippen molar-refractivity contribution in [3.63, 3.8) is 0 Å². The fourth-order valence-corrected chi connectivity index (χ4v) is 3.49. The third-order valence-electron chi connectivity index (χ3n) is 4.26. The van der Waals surface area contributed by atoms with Crippen molar-refractivity contribution in [3.8, 4) is 0 Å². The Labute approximate surface area is 152 Å². The van der Waals surface area contributed by atoms with Crippen LogP contribution in [0.4, 0.5) is 17.6 Å². The van der Waals surface area contributed by atoms with E-state index in [1.54, 1.807) is 6.20 Å². The van der Waals surface area contributed by atoms with Gasteiger partial charge in [0.15, 0.2) is 0 Å². The molecule has 134 valence electrons. The van der Waals surface area contributed by atoms with Gasteiger partial charge in [0.1, 0.15) is 17.5 Å². The molecule has 0 amide bonds. The Hall–Kier alpha value is -2.09. The van der Waals surface area contributed by atoms with Crippen molar-refractivity contribution < 1.29 is 0 Å². The Morgan fingerprint density at radius 3 is 2.88 bits per heavy atom. The van der Waals surface area contributed by atoms with Crippen LogP contribution in [-0.2, 0) is 12.8 Å². The van der Waals surface area contributed by atoms with Gasteiger partial charge in [0.25, 0.3) is 0 Å². The van der Waals surface area contributed by atoms with Gasteiger partial charge in [-0.15, -0.1) is 0 Å². The molecular weight excluding hydrogens is 334 g/mol. The molecule has 8 heteroatoms. The highest BCUT2D eigenvalue weighted by molar-refractivity contribution is 7.98. The minimum absolute atomic E-state index is 0.311. The van der Waals surface area contributed by atoms with Crippen LogP contribution in [-0.4, -0.2) is 51.6 Å². The predicted molar refractivity (Wildman–Crippen MR) is 104 cm³/mol. The second-order valence-electron chi connectivity index (χ2n) is 6.08. The lowest BCUT2D eigenvalue weighted by Gasteiger charge is -2.21. The summed E-state index contributed by atoms with van der Waals surface area (Å²) in [6.45, 7) is 4.64. The first kappa shape index (κ1) is 17.7. The SMILES string of the molecule is CSCCCNc1nc(C)nc2c1CCN(c1ccnc(N)n1)CC2. The number of nitrogen functional groups attached to an aromatic ring is 1. The van der Waals surface area contributed by atoms with Gasteiger partial charge in [0.05, 0.1) is 5.69 Å². The molecular formula is C17H25N7S. The van der Waals surface area contributed by atoms with Crippen LogP contribution in [0.1, 0.15) is 23.5 Å². The Bertz CT molecular complexity index is 722. The van der Waals surface area contributed by atoms with E-state index in [4.69, 9.17) is 5.73 Å². The molecule has 3 heterocycles. The van der Waals surface area contributed by atoms with Gasteiger partial charge in [0.2, 0.25) is 5.95 Å². The number of fused-ring (bicyclic) bond motifs is 1. The monoisotopic (exact) mass is 359 g/mol. The van der Waals surface area contributed by atoms with E-state index in [1.807, 2.05) is 24.8 Å². The number of aromatic nitrogens is 4. The van der Waals surface area contributed by atoms with E-state index in [-0.39, 0.29) is 0 Å². The molecule has 1 aliphatic rings. The highest BCUT2D eigenvalue weighted by Crippen LogP contribution is 2.23. The zero-order valence-electron chi connectivity index (χ0n) is 14.8. The lowest BCUT2D eigenvalue weighted by atomic mass is 10.1. The Kier molecular flexibility index (Phi) is 5.91. The number of anilines is 3. The molecule has 0 unspecified atom stereocenters.